The van der Waals surface area contributed by atoms with Gasteiger partial charge in [0, 0.05) is 17.6 Å². The van der Waals surface area contributed by atoms with Gasteiger partial charge in [0.25, 0.3) is 0 Å². The largest absolute Gasteiger partial charge is 0.354 e. The lowest BCUT2D eigenvalue weighted by atomic mass is 10.4. The first kappa shape index (κ1) is 15.6. The standard InChI is InChI=1S/C11H12BrN3O3S/c12-9-1-3-10(4-2-9)19(17,18)15-8-7-14-11(16)5-6-13/h1-4,15H,5,7-8H2,(H,14,16). The molecule has 0 unspecified atom stereocenters. The van der Waals surface area contributed by atoms with E-state index in [1.807, 2.05) is 0 Å². The molecule has 0 saturated heterocycles. The number of nitriles is 1. The fraction of sp³-hybridized carbons (Fsp3) is 0.273. The van der Waals surface area contributed by atoms with Crippen molar-refractivity contribution < 1.29 is 13.2 Å². The summed E-state index contributed by atoms with van der Waals surface area (Å²) in [5.74, 6) is -0.426. The first-order valence-electron chi connectivity index (χ1n) is 5.34. The average Bonchev–Trinajstić information content (AvgIpc) is 2.36. The molecular weight excluding hydrogens is 334 g/mol. The van der Waals surface area contributed by atoms with Crippen LogP contribution in [0.1, 0.15) is 6.42 Å². The van der Waals surface area contributed by atoms with Crippen LogP contribution in [0.15, 0.2) is 33.6 Å². The van der Waals surface area contributed by atoms with E-state index in [1.165, 1.54) is 12.1 Å². The molecule has 1 aromatic rings. The number of hydrogen-bond donors (Lipinski definition) is 2. The zero-order valence-corrected chi connectivity index (χ0v) is 12.3. The lowest BCUT2D eigenvalue weighted by Gasteiger charge is -2.07. The quantitative estimate of drug-likeness (QED) is 0.743. The molecule has 2 N–H and O–H groups in total. The maximum atomic E-state index is 11.8. The second-order valence-corrected chi connectivity index (χ2v) is 6.22. The van der Waals surface area contributed by atoms with Gasteiger partial charge in [-0.05, 0) is 24.3 Å². The Labute approximate surface area is 120 Å². The van der Waals surface area contributed by atoms with Crippen molar-refractivity contribution in [2.45, 2.75) is 11.3 Å². The number of amides is 1. The van der Waals surface area contributed by atoms with Gasteiger partial charge >= 0.3 is 0 Å². The monoisotopic (exact) mass is 345 g/mol. The third kappa shape index (κ3) is 5.38. The number of halogens is 1. The number of hydrogen-bond acceptors (Lipinski definition) is 4. The van der Waals surface area contributed by atoms with Crippen LogP contribution in [0.5, 0.6) is 0 Å². The van der Waals surface area contributed by atoms with E-state index in [-0.39, 0.29) is 24.4 Å². The Morgan fingerprint density at radius 2 is 1.89 bits per heavy atom. The fourth-order valence-corrected chi connectivity index (χ4v) is 2.51. The van der Waals surface area contributed by atoms with Crippen LogP contribution in [0.2, 0.25) is 0 Å². The van der Waals surface area contributed by atoms with E-state index in [2.05, 4.69) is 26.0 Å². The first-order valence-corrected chi connectivity index (χ1v) is 7.62. The predicted octanol–water partition coefficient (Wildman–Crippen LogP) is 0.757. The fourth-order valence-electron chi connectivity index (χ4n) is 1.22. The lowest BCUT2D eigenvalue weighted by molar-refractivity contribution is -0.120. The van der Waals surface area contributed by atoms with E-state index in [9.17, 15) is 13.2 Å². The predicted molar refractivity (Wildman–Crippen MR) is 72.6 cm³/mol. The van der Waals surface area contributed by atoms with Crippen LogP contribution in [0, 0.1) is 11.3 Å². The summed E-state index contributed by atoms with van der Waals surface area (Å²) in [4.78, 5) is 11.1. The van der Waals surface area contributed by atoms with Crippen LogP contribution < -0.4 is 10.0 Å². The van der Waals surface area contributed by atoms with Crippen LogP contribution >= 0.6 is 15.9 Å². The minimum atomic E-state index is -3.57. The molecule has 0 bridgehead atoms. The summed E-state index contributed by atoms with van der Waals surface area (Å²) in [5, 5.41) is 10.7. The zero-order chi connectivity index (χ0) is 14.3. The van der Waals surface area contributed by atoms with Gasteiger partial charge in [-0.25, -0.2) is 13.1 Å². The minimum absolute atomic E-state index is 0.0650. The van der Waals surface area contributed by atoms with E-state index in [4.69, 9.17) is 5.26 Å². The molecule has 0 aliphatic heterocycles. The Balaban J connectivity index is 2.46. The van der Waals surface area contributed by atoms with E-state index < -0.39 is 15.9 Å². The molecule has 0 aromatic heterocycles. The first-order chi connectivity index (χ1) is 8.95. The molecule has 102 valence electrons. The van der Waals surface area contributed by atoms with Gasteiger partial charge in [-0.2, -0.15) is 5.26 Å². The topological polar surface area (TPSA) is 99.1 Å². The van der Waals surface area contributed by atoms with Crippen LogP contribution in [-0.2, 0) is 14.8 Å². The normalized spacial score (nSPS) is 10.7. The van der Waals surface area contributed by atoms with Gasteiger partial charge < -0.3 is 5.32 Å². The van der Waals surface area contributed by atoms with Gasteiger partial charge in [0.05, 0.1) is 11.0 Å². The van der Waals surface area contributed by atoms with Crippen molar-refractivity contribution in [3.8, 4) is 6.07 Å². The Kier molecular flexibility index (Phi) is 5.95. The van der Waals surface area contributed by atoms with Gasteiger partial charge in [-0.15, -0.1) is 0 Å². The summed E-state index contributed by atoms with van der Waals surface area (Å²) in [6.45, 7) is 0.200. The second-order valence-electron chi connectivity index (χ2n) is 3.54. The summed E-state index contributed by atoms with van der Waals surface area (Å²) >= 11 is 3.22. The second kappa shape index (κ2) is 7.23. The number of nitrogens with zero attached hydrogens (tertiary/aromatic N) is 1. The Morgan fingerprint density at radius 1 is 1.26 bits per heavy atom. The minimum Gasteiger partial charge on any atom is -0.354 e. The maximum absolute atomic E-state index is 11.8. The van der Waals surface area contributed by atoms with Crippen molar-refractivity contribution >= 4 is 31.9 Å². The summed E-state index contributed by atoms with van der Waals surface area (Å²) in [7, 11) is -3.57. The van der Waals surface area contributed by atoms with Gasteiger partial charge in [0.15, 0.2) is 0 Å². The number of carbonyl (C=O) groups is 1. The molecule has 6 nitrogen and oxygen atoms in total. The number of carbonyl (C=O) groups excluding carboxylic acids is 1. The van der Waals surface area contributed by atoms with Crippen molar-refractivity contribution in [3.63, 3.8) is 0 Å². The van der Waals surface area contributed by atoms with Gasteiger partial charge in [-0.1, -0.05) is 15.9 Å². The van der Waals surface area contributed by atoms with Gasteiger partial charge in [-0.3, -0.25) is 4.79 Å². The highest BCUT2D eigenvalue weighted by Crippen LogP contribution is 2.14. The van der Waals surface area contributed by atoms with E-state index in [0.29, 0.717) is 0 Å². The Bertz CT molecular complexity index is 578. The summed E-state index contributed by atoms with van der Waals surface area (Å²) in [6.07, 6.45) is -0.237. The van der Waals surface area contributed by atoms with Crippen LogP contribution in [0.3, 0.4) is 0 Å². The summed E-state index contributed by atoms with van der Waals surface area (Å²) in [5.41, 5.74) is 0. The van der Waals surface area contributed by atoms with E-state index in [0.717, 1.165) is 4.47 Å². The van der Waals surface area contributed by atoms with E-state index in [1.54, 1.807) is 18.2 Å². The molecule has 0 spiro atoms. The molecule has 1 amide bonds. The van der Waals surface area contributed by atoms with Crippen LogP contribution in [0.25, 0.3) is 0 Å². The molecule has 0 saturated carbocycles. The smallest absolute Gasteiger partial charge is 0.240 e. The Morgan fingerprint density at radius 3 is 2.47 bits per heavy atom. The van der Waals surface area contributed by atoms with Gasteiger partial charge in [0.2, 0.25) is 15.9 Å². The van der Waals surface area contributed by atoms with Crippen molar-refractivity contribution in [2.24, 2.45) is 0 Å². The van der Waals surface area contributed by atoms with E-state index >= 15 is 0 Å². The van der Waals surface area contributed by atoms with Crippen molar-refractivity contribution in [1.29, 1.82) is 5.26 Å². The molecule has 0 heterocycles. The third-order valence-electron chi connectivity index (χ3n) is 2.10. The molecule has 0 fully saturated rings. The molecule has 19 heavy (non-hydrogen) atoms. The number of sulfonamides is 1. The number of nitrogens with one attached hydrogen (secondary N) is 2. The van der Waals surface area contributed by atoms with Gasteiger partial charge in [0.1, 0.15) is 6.42 Å². The summed E-state index contributed by atoms with van der Waals surface area (Å²) < 4.78 is 26.8. The zero-order valence-electron chi connectivity index (χ0n) is 9.89. The molecule has 1 rings (SSSR count). The van der Waals surface area contributed by atoms with Crippen LogP contribution in [-0.4, -0.2) is 27.4 Å². The third-order valence-corrected chi connectivity index (χ3v) is 4.11. The summed E-state index contributed by atoms with van der Waals surface area (Å²) in [6, 6.07) is 7.90. The highest BCUT2D eigenvalue weighted by Gasteiger charge is 2.12. The van der Waals surface area contributed by atoms with Crippen molar-refractivity contribution in [1.82, 2.24) is 10.0 Å². The highest BCUT2D eigenvalue weighted by atomic mass is 79.9. The van der Waals surface area contributed by atoms with Crippen molar-refractivity contribution in [2.75, 3.05) is 13.1 Å². The highest BCUT2D eigenvalue weighted by molar-refractivity contribution is 9.10. The number of rotatable bonds is 6. The SMILES string of the molecule is N#CCC(=O)NCCNS(=O)(=O)c1ccc(Br)cc1. The lowest BCUT2D eigenvalue weighted by Crippen LogP contribution is -2.34. The molecular formula is C11H12BrN3O3S. The maximum Gasteiger partial charge on any atom is 0.240 e. The molecule has 0 atom stereocenters. The molecule has 0 aliphatic rings. The molecule has 8 heteroatoms. The van der Waals surface area contributed by atoms with Crippen molar-refractivity contribution in [3.05, 3.63) is 28.7 Å². The molecule has 1 aromatic carbocycles. The number of benzene rings is 1. The van der Waals surface area contributed by atoms with Crippen LogP contribution in [0.4, 0.5) is 0 Å². The Hall–Kier alpha value is -1.43. The molecule has 0 aliphatic carbocycles. The molecule has 0 radical (unpaired) electrons. The average molecular weight is 346 g/mol.